The zero-order chi connectivity index (χ0) is 15.4. The van der Waals surface area contributed by atoms with Crippen molar-refractivity contribution in [1.82, 2.24) is 0 Å². The van der Waals surface area contributed by atoms with Crippen molar-refractivity contribution in [3.05, 3.63) is 65.2 Å². The third-order valence-electron chi connectivity index (χ3n) is 2.83. The van der Waals surface area contributed by atoms with Crippen molar-refractivity contribution in [2.75, 3.05) is 5.32 Å². The molecule has 0 aliphatic rings. The van der Waals surface area contributed by atoms with Crippen LogP contribution in [0.3, 0.4) is 0 Å². The number of carbonyl (C=O) groups excluding carboxylic acids is 2. The molecule has 106 valence electrons. The fourth-order valence-electron chi connectivity index (χ4n) is 1.78. The Bertz CT molecular complexity index is 708. The van der Waals surface area contributed by atoms with Crippen LogP contribution in [0.25, 0.3) is 0 Å². The number of nitrogens with one attached hydrogen (secondary N) is 1. The summed E-state index contributed by atoms with van der Waals surface area (Å²) in [5, 5.41) is 11.6. The van der Waals surface area contributed by atoms with Crippen LogP contribution in [0.15, 0.2) is 48.5 Å². The molecule has 2 aromatic carbocycles. The summed E-state index contributed by atoms with van der Waals surface area (Å²) < 4.78 is 0. The van der Waals surface area contributed by atoms with E-state index in [9.17, 15) is 14.4 Å². The van der Waals surface area contributed by atoms with Gasteiger partial charge in [-0.25, -0.2) is 4.79 Å². The van der Waals surface area contributed by atoms with Crippen LogP contribution in [0.5, 0.6) is 0 Å². The predicted octanol–water partition coefficient (Wildman–Crippen LogP) is 1.74. The standard InChI is InChI=1S/C15H12N2O4/c16-13(18)9-5-7-10(8-6-9)17-14(19)11-3-1-2-4-12(11)15(20)21/h1-8H,(H2,16,18)(H,17,19)(H,20,21). The molecule has 0 aliphatic heterocycles. The van der Waals surface area contributed by atoms with Gasteiger partial charge in [0.2, 0.25) is 5.91 Å². The van der Waals surface area contributed by atoms with E-state index in [4.69, 9.17) is 10.8 Å². The Labute approximate surface area is 120 Å². The second-order valence-corrected chi connectivity index (χ2v) is 4.25. The van der Waals surface area contributed by atoms with Gasteiger partial charge in [-0.3, -0.25) is 9.59 Å². The molecule has 0 saturated carbocycles. The lowest BCUT2D eigenvalue weighted by Gasteiger charge is -2.08. The van der Waals surface area contributed by atoms with Gasteiger partial charge in [-0.2, -0.15) is 0 Å². The normalized spacial score (nSPS) is 9.90. The zero-order valence-corrected chi connectivity index (χ0v) is 10.9. The smallest absolute Gasteiger partial charge is 0.336 e. The van der Waals surface area contributed by atoms with Gasteiger partial charge in [0.05, 0.1) is 11.1 Å². The second kappa shape index (κ2) is 5.87. The maximum absolute atomic E-state index is 12.1. The summed E-state index contributed by atoms with van der Waals surface area (Å²) in [6.45, 7) is 0. The fourth-order valence-corrected chi connectivity index (χ4v) is 1.78. The van der Waals surface area contributed by atoms with E-state index in [-0.39, 0.29) is 11.1 Å². The van der Waals surface area contributed by atoms with Crippen LogP contribution >= 0.6 is 0 Å². The summed E-state index contributed by atoms with van der Waals surface area (Å²) in [5.41, 5.74) is 5.85. The Morgan fingerprint density at radius 1 is 0.905 bits per heavy atom. The first-order valence-corrected chi connectivity index (χ1v) is 6.02. The van der Waals surface area contributed by atoms with Gasteiger partial charge in [-0.05, 0) is 36.4 Å². The number of hydrogen-bond donors (Lipinski definition) is 3. The molecule has 0 aromatic heterocycles. The van der Waals surface area contributed by atoms with Crippen LogP contribution in [0.1, 0.15) is 31.1 Å². The number of carboxylic acids is 1. The van der Waals surface area contributed by atoms with Gasteiger partial charge in [0.15, 0.2) is 0 Å². The lowest BCUT2D eigenvalue weighted by Crippen LogP contribution is -2.16. The van der Waals surface area contributed by atoms with Crippen molar-refractivity contribution in [1.29, 1.82) is 0 Å². The van der Waals surface area contributed by atoms with E-state index in [1.165, 1.54) is 36.4 Å². The Morgan fingerprint density at radius 3 is 2.00 bits per heavy atom. The molecule has 0 radical (unpaired) electrons. The number of carboxylic acid groups (broad SMARTS) is 1. The predicted molar refractivity (Wildman–Crippen MR) is 76.3 cm³/mol. The van der Waals surface area contributed by atoms with Gasteiger partial charge in [-0.1, -0.05) is 12.1 Å². The van der Waals surface area contributed by atoms with E-state index in [1.54, 1.807) is 12.1 Å². The molecule has 0 unspecified atom stereocenters. The molecule has 0 fully saturated rings. The number of rotatable bonds is 4. The monoisotopic (exact) mass is 284 g/mol. The van der Waals surface area contributed by atoms with Crippen molar-refractivity contribution in [3.8, 4) is 0 Å². The average molecular weight is 284 g/mol. The van der Waals surface area contributed by atoms with Crippen molar-refractivity contribution in [2.24, 2.45) is 5.73 Å². The van der Waals surface area contributed by atoms with Crippen molar-refractivity contribution in [3.63, 3.8) is 0 Å². The van der Waals surface area contributed by atoms with Crippen molar-refractivity contribution >= 4 is 23.5 Å². The Hall–Kier alpha value is -3.15. The summed E-state index contributed by atoms with van der Waals surface area (Å²) in [7, 11) is 0. The van der Waals surface area contributed by atoms with Gasteiger partial charge in [0.1, 0.15) is 0 Å². The topological polar surface area (TPSA) is 109 Å². The highest BCUT2D eigenvalue weighted by molar-refractivity contribution is 6.10. The molecular formula is C15H12N2O4. The third kappa shape index (κ3) is 3.24. The summed E-state index contributed by atoms with van der Waals surface area (Å²) in [6.07, 6.45) is 0. The van der Waals surface area contributed by atoms with Gasteiger partial charge in [0.25, 0.3) is 5.91 Å². The quantitative estimate of drug-likeness (QED) is 0.794. The molecule has 0 spiro atoms. The highest BCUT2D eigenvalue weighted by Crippen LogP contribution is 2.14. The minimum Gasteiger partial charge on any atom is -0.478 e. The molecule has 2 aromatic rings. The van der Waals surface area contributed by atoms with Crippen LogP contribution < -0.4 is 11.1 Å². The molecule has 4 N–H and O–H groups in total. The minimum absolute atomic E-state index is 0.0592. The van der Waals surface area contributed by atoms with Gasteiger partial charge >= 0.3 is 5.97 Å². The summed E-state index contributed by atoms with van der Waals surface area (Å²) in [6, 6.07) is 11.9. The number of nitrogens with two attached hydrogens (primary N) is 1. The number of anilines is 1. The van der Waals surface area contributed by atoms with E-state index in [0.29, 0.717) is 11.3 Å². The largest absolute Gasteiger partial charge is 0.478 e. The molecule has 0 atom stereocenters. The van der Waals surface area contributed by atoms with Crippen LogP contribution in [-0.4, -0.2) is 22.9 Å². The third-order valence-corrected chi connectivity index (χ3v) is 2.83. The SMILES string of the molecule is NC(=O)c1ccc(NC(=O)c2ccccc2C(=O)O)cc1. The van der Waals surface area contributed by atoms with Gasteiger partial charge in [0, 0.05) is 11.3 Å². The summed E-state index contributed by atoms with van der Waals surface area (Å²) >= 11 is 0. The van der Waals surface area contributed by atoms with E-state index >= 15 is 0 Å². The molecule has 2 rings (SSSR count). The van der Waals surface area contributed by atoms with E-state index < -0.39 is 17.8 Å². The molecule has 21 heavy (non-hydrogen) atoms. The number of aromatic carboxylic acids is 1. The molecule has 2 amide bonds. The van der Waals surface area contributed by atoms with Crippen molar-refractivity contribution < 1.29 is 19.5 Å². The molecule has 6 nitrogen and oxygen atoms in total. The first-order valence-electron chi connectivity index (χ1n) is 6.02. The lowest BCUT2D eigenvalue weighted by atomic mass is 10.1. The van der Waals surface area contributed by atoms with Gasteiger partial charge < -0.3 is 16.2 Å². The minimum atomic E-state index is -1.18. The maximum Gasteiger partial charge on any atom is 0.336 e. The molecule has 6 heteroatoms. The maximum atomic E-state index is 12.1. The molecule has 0 bridgehead atoms. The van der Waals surface area contributed by atoms with E-state index in [1.807, 2.05) is 0 Å². The summed E-state index contributed by atoms with van der Waals surface area (Å²) in [4.78, 5) is 34.1. The number of hydrogen-bond acceptors (Lipinski definition) is 3. The molecule has 0 heterocycles. The number of carbonyl (C=O) groups is 3. The van der Waals surface area contributed by atoms with Crippen LogP contribution in [0, 0.1) is 0 Å². The van der Waals surface area contributed by atoms with Crippen LogP contribution in [0.2, 0.25) is 0 Å². The number of amides is 2. The first-order chi connectivity index (χ1) is 9.99. The highest BCUT2D eigenvalue weighted by atomic mass is 16.4. The average Bonchev–Trinajstić information content (AvgIpc) is 2.47. The number of benzene rings is 2. The Balaban J connectivity index is 2.22. The Morgan fingerprint density at radius 2 is 1.48 bits per heavy atom. The van der Waals surface area contributed by atoms with Crippen LogP contribution in [-0.2, 0) is 0 Å². The highest BCUT2D eigenvalue weighted by Gasteiger charge is 2.15. The number of primary amides is 1. The molecular weight excluding hydrogens is 272 g/mol. The lowest BCUT2D eigenvalue weighted by molar-refractivity contribution is 0.0692. The van der Waals surface area contributed by atoms with Crippen molar-refractivity contribution in [2.45, 2.75) is 0 Å². The summed E-state index contributed by atoms with van der Waals surface area (Å²) in [5.74, 6) is -2.28. The Kier molecular flexibility index (Phi) is 3.99. The molecule has 0 aliphatic carbocycles. The van der Waals surface area contributed by atoms with E-state index in [2.05, 4.69) is 5.32 Å². The second-order valence-electron chi connectivity index (χ2n) is 4.25. The zero-order valence-electron chi connectivity index (χ0n) is 10.9. The van der Waals surface area contributed by atoms with Crippen LogP contribution in [0.4, 0.5) is 5.69 Å². The van der Waals surface area contributed by atoms with E-state index in [0.717, 1.165) is 0 Å². The molecule has 0 saturated heterocycles. The first kappa shape index (κ1) is 14.3. The van der Waals surface area contributed by atoms with Gasteiger partial charge in [-0.15, -0.1) is 0 Å². The fraction of sp³-hybridized carbons (Fsp3) is 0.